The zero-order valence-corrected chi connectivity index (χ0v) is 14.5. The Morgan fingerprint density at radius 1 is 0.960 bits per heavy atom. The van der Waals surface area contributed by atoms with Gasteiger partial charge in [-0.3, -0.25) is 4.99 Å². The first kappa shape index (κ1) is 16.8. The molecule has 128 valence electrons. The first-order valence-electron chi connectivity index (χ1n) is 8.05. The van der Waals surface area contributed by atoms with Crippen LogP contribution in [-0.2, 0) is 0 Å². The fraction of sp³-hybridized carbons (Fsp3) is 0.190. The Balaban J connectivity index is 2.03. The van der Waals surface area contributed by atoms with Gasteiger partial charge in [0.25, 0.3) is 0 Å². The molecule has 1 N–H and O–H groups in total. The lowest BCUT2D eigenvalue weighted by Gasteiger charge is -2.12. The highest BCUT2D eigenvalue weighted by Crippen LogP contribution is 2.33. The van der Waals surface area contributed by atoms with Crippen molar-refractivity contribution in [3.05, 3.63) is 77.6 Å². The molecule has 0 spiro atoms. The molecular formula is C21H21NO3. The smallest absolute Gasteiger partial charge is 0.118 e. The molecule has 0 saturated carbocycles. The fourth-order valence-electron chi connectivity index (χ4n) is 2.97. The number of aliphatic hydroxyl groups is 1. The molecule has 3 rings (SSSR count). The molecule has 4 nitrogen and oxygen atoms in total. The molecule has 0 unspecified atom stereocenters. The highest BCUT2D eigenvalue weighted by molar-refractivity contribution is 6.34. The first-order valence-corrected chi connectivity index (χ1v) is 8.05. The lowest BCUT2D eigenvalue weighted by molar-refractivity contribution is 0.401. The van der Waals surface area contributed by atoms with Gasteiger partial charge in [-0.2, -0.15) is 0 Å². The van der Waals surface area contributed by atoms with Gasteiger partial charge >= 0.3 is 0 Å². The number of allylic oxidation sites excluding steroid dienone is 2. The molecule has 0 saturated heterocycles. The maximum absolute atomic E-state index is 9.67. The van der Waals surface area contributed by atoms with E-state index >= 15 is 0 Å². The minimum absolute atomic E-state index is 0.146. The lowest BCUT2D eigenvalue weighted by Crippen LogP contribution is -2.03. The van der Waals surface area contributed by atoms with Gasteiger partial charge in [-0.05, 0) is 47.5 Å². The van der Waals surface area contributed by atoms with E-state index in [1.54, 1.807) is 14.2 Å². The number of benzene rings is 2. The molecule has 0 amide bonds. The SMILES string of the molecule is C=C(O)CC1=C(c2ccc(OC)cc2)C(c2ccc(OC)cc2)=NC1. The van der Waals surface area contributed by atoms with Gasteiger partial charge in [-0.15, -0.1) is 0 Å². The highest BCUT2D eigenvalue weighted by Gasteiger charge is 2.23. The molecule has 25 heavy (non-hydrogen) atoms. The Kier molecular flexibility index (Phi) is 4.89. The van der Waals surface area contributed by atoms with E-state index in [1.807, 2.05) is 48.5 Å². The molecule has 0 atom stereocenters. The van der Waals surface area contributed by atoms with Gasteiger partial charge in [0.1, 0.15) is 11.5 Å². The van der Waals surface area contributed by atoms with Gasteiger partial charge in [-0.1, -0.05) is 18.7 Å². The molecule has 1 heterocycles. The second-order valence-electron chi connectivity index (χ2n) is 5.84. The quantitative estimate of drug-likeness (QED) is 0.795. The Hall–Kier alpha value is -3.01. The molecule has 0 radical (unpaired) electrons. The number of hydrogen-bond acceptors (Lipinski definition) is 4. The maximum atomic E-state index is 9.67. The topological polar surface area (TPSA) is 51.0 Å². The summed E-state index contributed by atoms with van der Waals surface area (Å²) in [6, 6.07) is 15.7. The van der Waals surface area contributed by atoms with Crippen LogP contribution in [0.5, 0.6) is 11.5 Å². The standard InChI is InChI=1S/C21H21NO3/c1-14(23)12-17-13-22-21(16-6-10-19(25-3)11-7-16)20(17)15-4-8-18(24-2)9-5-15/h4-11,23H,1,12-13H2,2-3H3. The van der Waals surface area contributed by atoms with Crippen LogP contribution < -0.4 is 9.47 Å². The van der Waals surface area contributed by atoms with Crippen molar-refractivity contribution in [3.8, 4) is 11.5 Å². The van der Waals surface area contributed by atoms with Gasteiger partial charge in [0.05, 0.1) is 32.2 Å². The van der Waals surface area contributed by atoms with Crippen molar-refractivity contribution in [2.45, 2.75) is 6.42 Å². The van der Waals surface area contributed by atoms with Crippen molar-refractivity contribution in [1.82, 2.24) is 0 Å². The number of rotatable bonds is 6. The molecular weight excluding hydrogens is 314 g/mol. The first-order chi connectivity index (χ1) is 12.1. The summed E-state index contributed by atoms with van der Waals surface area (Å²) in [4.78, 5) is 4.71. The van der Waals surface area contributed by atoms with Crippen LogP contribution in [0.25, 0.3) is 5.57 Å². The zero-order chi connectivity index (χ0) is 17.8. The van der Waals surface area contributed by atoms with Crippen LogP contribution in [0.1, 0.15) is 17.5 Å². The number of aliphatic imine (C=N–C) groups is 1. The Morgan fingerprint density at radius 2 is 1.48 bits per heavy atom. The molecule has 0 bridgehead atoms. The second kappa shape index (κ2) is 7.26. The van der Waals surface area contributed by atoms with Gasteiger partial charge < -0.3 is 14.6 Å². The van der Waals surface area contributed by atoms with Crippen molar-refractivity contribution in [2.75, 3.05) is 20.8 Å². The Bertz CT molecular complexity index is 830. The van der Waals surface area contributed by atoms with E-state index < -0.39 is 0 Å². The van der Waals surface area contributed by atoms with Crippen LogP contribution in [-0.4, -0.2) is 31.6 Å². The van der Waals surface area contributed by atoms with E-state index in [-0.39, 0.29) is 5.76 Å². The number of hydrogen-bond donors (Lipinski definition) is 1. The largest absolute Gasteiger partial charge is 0.513 e. The van der Waals surface area contributed by atoms with E-state index in [0.717, 1.165) is 39.5 Å². The molecule has 0 fully saturated rings. The van der Waals surface area contributed by atoms with Crippen LogP contribution >= 0.6 is 0 Å². The fourth-order valence-corrected chi connectivity index (χ4v) is 2.97. The summed E-state index contributed by atoms with van der Waals surface area (Å²) in [6.45, 7) is 4.19. The number of aliphatic hydroxyl groups excluding tert-OH is 1. The molecule has 1 aliphatic rings. The molecule has 4 heteroatoms. The van der Waals surface area contributed by atoms with Crippen molar-refractivity contribution in [3.63, 3.8) is 0 Å². The van der Waals surface area contributed by atoms with Gasteiger partial charge in [-0.25, -0.2) is 0 Å². The number of methoxy groups -OCH3 is 2. The van der Waals surface area contributed by atoms with E-state index in [2.05, 4.69) is 6.58 Å². The van der Waals surface area contributed by atoms with Crippen LogP contribution in [0.15, 0.2) is 71.4 Å². The Labute approximate surface area is 147 Å². The minimum atomic E-state index is 0.146. The molecule has 2 aromatic rings. The lowest BCUT2D eigenvalue weighted by atomic mass is 9.92. The monoisotopic (exact) mass is 335 g/mol. The summed E-state index contributed by atoms with van der Waals surface area (Å²) in [5.74, 6) is 1.76. The molecule has 2 aromatic carbocycles. The highest BCUT2D eigenvalue weighted by atomic mass is 16.5. The summed E-state index contributed by atoms with van der Waals surface area (Å²) in [7, 11) is 3.30. The molecule has 0 aromatic heterocycles. The van der Waals surface area contributed by atoms with Crippen molar-refractivity contribution in [2.24, 2.45) is 4.99 Å². The summed E-state index contributed by atoms with van der Waals surface area (Å²) < 4.78 is 10.5. The third-order valence-corrected chi connectivity index (χ3v) is 4.18. The van der Waals surface area contributed by atoms with E-state index in [9.17, 15) is 5.11 Å². The number of ether oxygens (including phenoxy) is 2. The van der Waals surface area contributed by atoms with Crippen molar-refractivity contribution < 1.29 is 14.6 Å². The summed E-state index contributed by atoms with van der Waals surface area (Å²) in [6.07, 6.45) is 0.421. The maximum Gasteiger partial charge on any atom is 0.118 e. The average molecular weight is 335 g/mol. The normalized spacial score (nSPS) is 13.6. The van der Waals surface area contributed by atoms with Crippen LogP contribution in [0.4, 0.5) is 0 Å². The van der Waals surface area contributed by atoms with Crippen LogP contribution in [0.2, 0.25) is 0 Å². The van der Waals surface area contributed by atoms with E-state index in [0.29, 0.717) is 13.0 Å². The van der Waals surface area contributed by atoms with Crippen molar-refractivity contribution in [1.29, 1.82) is 0 Å². The van der Waals surface area contributed by atoms with Crippen LogP contribution in [0.3, 0.4) is 0 Å². The van der Waals surface area contributed by atoms with Crippen molar-refractivity contribution >= 4 is 11.3 Å². The minimum Gasteiger partial charge on any atom is -0.513 e. The van der Waals surface area contributed by atoms with Crippen LogP contribution in [0, 0.1) is 0 Å². The molecule has 1 aliphatic heterocycles. The third-order valence-electron chi connectivity index (χ3n) is 4.18. The average Bonchev–Trinajstić information content (AvgIpc) is 3.04. The van der Waals surface area contributed by atoms with Gasteiger partial charge in [0.15, 0.2) is 0 Å². The number of nitrogens with zero attached hydrogens (tertiary/aromatic N) is 1. The summed E-state index contributed by atoms with van der Waals surface area (Å²) in [5.41, 5.74) is 5.09. The summed E-state index contributed by atoms with van der Waals surface area (Å²) >= 11 is 0. The third kappa shape index (κ3) is 3.58. The van der Waals surface area contributed by atoms with E-state index in [1.165, 1.54) is 0 Å². The second-order valence-corrected chi connectivity index (χ2v) is 5.84. The summed E-state index contributed by atoms with van der Waals surface area (Å²) in [5, 5.41) is 9.67. The Morgan fingerprint density at radius 3 is 1.96 bits per heavy atom. The molecule has 0 aliphatic carbocycles. The van der Waals surface area contributed by atoms with Gasteiger partial charge in [0.2, 0.25) is 0 Å². The van der Waals surface area contributed by atoms with E-state index in [4.69, 9.17) is 14.5 Å². The predicted octanol–water partition coefficient (Wildman–Crippen LogP) is 4.42. The zero-order valence-electron chi connectivity index (χ0n) is 14.5. The predicted molar refractivity (Wildman–Crippen MR) is 101 cm³/mol. The van der Waals surface area contributed by atoms with Gasteiger partial charge in [0, 0.05) is 17.6 Å².